The monoisotopic (exact) mass is 263 g/mol. The Morgan fingerprint density at radius 1 is 1.44 bits per heavy atom. The fraction of sp³-hybridized carbons (Fsp3) is 0.357. The lowest BCUT2D eigenvalue weighted by molar-refractivity contribution is 0.573. The van der Waals surface area contributed by atoms with Crippen LogP contribution in [-0.2, 0) is 13.6 Å². The number of hydrogen-bond acceptors (Lipinski definition) is 2. The lowest BCUT2D eigenvalue weighted by Gasteiger charge is -2.14. The molecule has 2 rings (SSSR count). The number of aryl methyl sites for hydroxylation is 2. The molecule has 0 radical (unpaired) electrons. The highest BCUT2D eigenvalue weighted by atomic mass is 35.5. The topological polar surface area (TPSA) is 29.9 Å². The molecule has 1 heterocycles. The maximum absolute atomic E-state index is 5.99. The fourth-order valence-corrected chi connectivity index (χ4v) is 2.18. The number of nitrogens with zero attached hydrogens (tertiary/aromatic N) is 2. The fourth-order valence-electron chi connectivity index (χ4n) is 1.98. The quantitative estimate of drug-likeness (QED) is 0.918. The summed E-state index contributed by atoms with van der Waals surface area (Å²) in [6.45, 7) is 4.98. The third kappa shape index (κ3) is 3.12. The van der Waals surface area contributed by atoms with Gasteiger partial charge in [0.25, 0.3) is 0 Å². The third-order valence-electron chi connectivity index (χ3n) is 3.06. The third-order valence-corrected chi connectivity index (χ3v) is 3.30. The second-order valence-electron chi connectivity index (χ2n) is 4.57. The Bertz CT molecular complexity index is 534. The van der Waals surface area contributed by atoms with E-state index in [2.05, 4.69) is 23.4 Å². The van der Waals surface area contributed by atoms with Crippen molar-refractivity contribution in [2.45, 2.75) is 26.4 Å². The van der Waals surface area contributed by atoms with Gasteiger partial charge in [-0.1, -0.05) is 23.7 Å². The number of aromatic nitrogens is 2. The van der Waals surface area contributed by atoms with E-state index in [9.17, 15) is 0 Å². The van der Waals surface area contributed by atoms with E-state index in [0.717, 1.165) is 17.3 Å². The van der Waals surface area contributed by atoms with Crippen LogP contribution in [0.15, 0.2) is 30.5 Å². The SMILES string of the molecule is Cc1nn(C)cc1CN[C@H](C)c1cccc(Cl)c1. The number of rotatable bonds is 4. The molecule has 0 bridgehead atoms. The van der Waals surface area contributed by atoms with Gasteiger partial charge in [0.05, 0.1) is 5.69 Å². The average molecular weight is 264 g/mol. The first-order chi connectivity index (χ1) is 8.56. The van der Waals surface area contributed by atoms with E-state index in [-0.39, 0.29) is 6.04 Å². The van der Waals surface area contributed by atoms with E-state index in [1.54, 1.807) is 0 Å². The summed E-state index contributed by atoms with van der Waals surface area (Å²) in [6, 6.07) is 8.21. The van der Waals surface area contributed by atoms with Crippen LogP contribution in [0.3, 0.4) is 0 Å². The summed E-state index contributed by atoms with van der Waals surface area (Å²) in [5.74, 6) is 0. The number of halogens is 1. The van der Waals surface area contributed by atoms with Gasteiger partial charge in [-0.15, -0.1) is 0 Å². The van der Waals surface area contributed by atoms with Crippen LogP contribution < -0.4 is 5.32 Å². The Balaban J connectivity index is 2.00. The van der Waals surface area contributed by atoms with Crippen molar-refractivity contribution in [2.24, 2.45) is 7.05 Å². The van der Waals surface area contributed by atoms with E-state index in [4.69, 9.17) is 11.6 Å². The van der Waals surface area contributed by atoms with Crippen LogP contribution in [0.1, 0.15) is 29.8 Å². The van der Waals surface area contributed by atoms with Gasteiger partial charge in [0.1, 0.15) is 0 Å². The van der Waals surface area contributed by atoms with Crippen LogP contribution in [0.5, 0.6) is 0 Å². The van der Waals surface area contributed by atoms with Crippen LogP contribution >= 0.6 is 11.6 Å². The molecule has 1 atom stereocenters. The normalized spacial score (nSPS) is 12.7. The molecule has 0 aliphatic heterocycles. The van der Waals surface area contributed by atoms with Gasteiger partial charge in [0.15, 0.2) is 0 Å². The van der Waals surface area contributed by atoms with Gasteiger partial charge in [0, 0.05) is 36.4 Å². The molecule has 0 saturated heterocycles. The Kier molecular flexibility index (Phi) is 4.04. The zero-order chi connectivity index (χ0) is 13.1. The molecule has 96 valence electrons. The predicted octanol–water partition coefficient (Wildman–Crippen LogP) is 3.23. The van der Waals surface area contributed by atoms with Crippen LogP contribution in [-0.4, -0.2) is 9.78 Å². The van der Waals surface area contributed by atoms with Crippen LogP contribution in [0, 0.1) is 6.92 Å². The minimum Gasteiger partial charge on any atom is -0.306 e. The molecule has 1 aromatic carbocycles. The molecular formula is C14H18ClN3. The molecule has 0 saturated carbocycles. The highest BCUT2D eigenvalue weighted by Crippen LogP contribution is 2.18. The zero-order valence-corrected chi connectivity index (χ0v) is 11.7. The van der Waals surface area contributed by atoms with E-state index < -0.39 is 0 Å². The second kappa shape index (κ2) is 5.55. The lowest BCUT2D eigenvalue weighted by Crippen LogP contribution is -2.18. The molecule has 4 heteroatoms. The highest BCUT2D eigenvalue weighted by Gasteiger charge is 2.07. The summed E-state index contributed by atoms with van der Waals surface area (Å²) in [7, 11) is 1.94. The Morgan fingerprint density at radius 3 is 2.83 bits per heavy atom. The number of hydrogen-bond donors (Lipinski definition) is 1. The second-order valence-corrected chi connectivity index (χ2v) is 5.01. The zero-order valence-electron chi connectivity index (χ0n) is 10.9. The van der Waals surface area contributed by atoms with Crippen molar-refractivity contribution >= 4 is 11.6 Å². The van der Waals surface area contributed by atoms with E-state index in [0.29, 0.717) is 0 Å². The number of benzene rings is 1. The van der Waals surface area contributed by atoms with Crippen molar-refractivity contribution in [3.8, 4) is 0 Å². The molecular weight excluding hydrogens is 246 g/mol. The molecule has 0 unspecified atom stereocenters. The molecule has 0 amide bonds. The molecule has 1 N–H and O–H groups in total. The van der Waals surface area contributed by atoms with E-state index >= 15 is 0 Å². The minimum atomic E-state index is 0.267. The standard InChI is InChI=1S/C14H18ClN3/c1-10(12-5-4-6-14(15)7-12)16-8-13-9-18(3)17-11(13)2/h4-7,9-10,16H,8H2,1-3H3/t10-/m1/s1. The molecule has 3 nitrogen and oxygen atoms in total. The Morgan fingerprint density at radius 2 is 2.22 bits per heavy atom. The molecule has 0 aliphatic rings. The van der Waals surface area contributed by atoms with Crippen molar-refractivity contribution in [1.29, 1.82) is 0 Å². The van der Waals surface area contributed by atoms with Crippen molar-refractivity contribution < 1.29 is 0 Å². The lowest BCUT2D eigenvalue weighted by atomic mass is 10.1. The summed E-state index contributed by atoms with van der Waals surface area (Å²) in [5.41, 5.74) is 3.50. The first-order valence-corrected chi connectivity index (χ1v) is 6.42. The molecule has 1 aromatic heterocycles. The largest absolute Gasteiger partial charge is 0.306 e. The van der Waals surface area contributed by atoms with E-state index in [1.807, 2.05) is 43.0 Å². The van der Waals surface area contributed by atoms with Crippen molar-refractivity contribution in [3.63, 3.8) is 0 Å². The van der Waals surface area contributed by atoms with Gasteiger partial charge >= 0.3 is 0 Å². The van der Waals surface area contributed by atoms with Gasteiger partial charge in [-0.2, -0.15) is 5.10 Å². The van der Waals surface area contributed by atoms with E-state index in [1.165, 1.54) is 11.1 Å². The van der Waals surface area contributed by atoms with Crippen molar-refractivity contribution in [2.75, 3.05) is 0 Å². The molecule has 0 spiro atoms. The first-order valence-electron chi connectivity index (χ1n) is 6.04. The summed E-state index contributed by atoms with van der Waals surface area (Å²) in [4.78, 5) is 0. The van der Waals surface area contributed by atoms with Gasteiger partial charge in [0.2, 0.25) is 0 Å². The highest BCUT2D eigenvalue weighted by molar-refractivity contribution is 6.30. The van der Waals surface area contributed by atoms with Gasteiger partial charge in [-0.25, -0.2) is 0 Å². The summed E-state index contributed by atoms with van der Waals surface area (Å²) >= 11 is 5.99. The maximum atomic E-state index is 5.99. The van der Waals surface area contributed by atoms with Crippen molar-refractivity contribution in [1.82, 2.24) is 15.1 Å². The summed E-state index contributed by atoms with van der Waals surface area (Å²) < 4.78 is 1.84. The Labute approximate surface area is 113 Å². The Hall–Kier alpha value is -1.32. The summed E-state index contributed by atoms with van der Waals surface area (Å²) in [5, 5.41) is 8.59. The minimum absolute atomic E-state index is 0.267. The molecule has 18 heavy (non-hydrogen) atoms. The number of nitrogens with one attached hydrogen (secondary N) is 1. The van der Waals surface area contributed by atoms with Crippen LogP contribution in [0.4, 0.5) is 0 Å². The summed E-state index contributed by atoms with van der Waals surface area (Å²) in [6.07, 6.45) is 2.05. The molecule has 0 aliphatic carbocycles. The van der Waals surface area contributed by atoms with Gasteiger partial charge in [-0.05, 0) is 31.5 Å². The molecule has 0 fully saturated rings. The van der Waals surface area contributed by atoms with Gasteiger partial charge in [-0.3, -0.25) is 4.68 Å². The van der Waals surface area contributed by atoms with Crippen LogP contribution in [0.25, 0.3) is 0 Å². The molecule has 2 aromatic rings. The van der Waals surface area contributed by atoms with Gasteiger partial charge < -0.3 is 5.32 Å². The van der Waals surface area contributed by atoms with Crippen molar-refractivity contribution in [3.05, 3.63) is 52.3 Å². The average Bonchev–Trinajstić information content (AvgIpc) is 2.65. The predicted molar refractivity (Wildman–Crippen MR) is 74.7 cm³/mol. The smallest absolute Gasteiger partial charge is 0.0638 e. The maximum Gasteiger partial charge on any atom is 0.0638 e. The first kappa shape index (κ1) is 13.1. The van der Waals surface area contributed by atoms with Crippen LogP contribution in [0.2, 0.25) is 5.02 Å².